The lowest BCUT2D eigenvalue weighted by Gasteiger charge is -2.25. The van der Waals surface area contributed by atoms with Crippen LogP contribution in [0.4, 0.5) is 0 Å². The molecule has 18 heavy (non-hydrogen) atoms. The Morgan fingerprint density at radius 1 is 0.556 bits per heavy atom. The van der Waals surface area contributed by atoms with E-state index in [1.54, 1.807) is 0 Å². The zero-order valence-corrected chi connectivity index (χ0v) is 12.3. The highest BCUT2D eigenvalue weighted by atomic mass is 14.9. The minimum atomic E-state index is 0.843. The van der Waals surface area contributed by atoms with Gasteiger partial charge in [-0.1, -0.05) is 64.2 Å². The van der Waals surface area contributed by atoms with E-state index in [0.717, 1.165) is 12.0 Å². The quantitative estimate of drug-likeness (QED) is 0.740. The molecule has 2 aliphatic carbocycles. The van der Waals surface area contributed by atoms with E-state index in [9.17, 15) is 0 Å². The van der Waals surface area contributed by atoms with Gasteiger partial charge in [-0.2, -0.15) is 0 Å². The van der Waals surface area contributed by atoms with E-state index in [1.807, 2.05) is 0 Å². The maximum atomic E-state index is 3.91. The van der Waals surface area contributed by atoms with Crippen molar-refractivity contribution < 1.29 is 0 Å². The van der Waals surface area contributed by atoms with Crippen LogP contribution in [-0.2, 0) is 0 Å². The molecular weight excluding hydrogens is 218 g/mol. The SMILES string of the molecule is C1CCCC(CNC2CCCCCCC2)CCC1. The standard InChI is InChI=1S/C17H33N/c1-3-7-11-16(12-8-4-1)15-18-17-13-9-5-2-6-10-14-17/h16-18H,1-15H2. The third-order valence-corrected chi connectivity index (χ3v) is 5.03. The number of hydrogen-bond acceptors (Lipinski definition) is 1. The van der Waals surface area contributed by atoms with Crippen LogP contribution in [0.3, 0.4) is 0 Å². The Morgan fingerprint density at radius 2 is 1.00 bits per heavy atom. The second-order valence-electron chi connectivity index (χ2n) is 6.66. The molecule has 0 saturated heterocycles. The molecule has 1 heteroatoms. The van der Waals surface area contributed by atoms with Gasteiger partial charge in [0.2, 0.25) is 0 Å². The predicted octanol–water partition coefficient (Wildman–Crippen LogP) is 5.05. The molecule has 0 aromatic heterocycles. The van der Waals surface area contributed by atoms with Crippen LogP contribution in [0.1, 0.15) is 89.9 Å². The van der Waals surface area contributed by atoms with Gasteiger partial charge in [-0.15, -0.1) is 0 Å². The van der Waals surface area contributed by atoms with Crippen LogP contribution in [0.5, 0.6) is 0 Å². The summed E-state index contributed by atoms with van der Waals surface area (Å²) in [6, 6.07) is 0.843. The van der Waals surface area contributed by atoms with Gasteiger partial charge in [-0.05, 0) is 38.1 Å². The van der Waals surface area contributed by atoms with Crippen LogP contribution >= 0.6 is 0 Å². The molecule has 2 aliphatic rings. The van der Waals surface area contributed by atoms with E-state index in [4.69, 9.17) is 0 Å². The number of rotatable bonds is 3. The Hall–Kier alpha value is -0.0400. The van der Waals surface area contributed by atoms with Gasteiger partial charge in [-0.25, -0.2) is 0 Å². The van der Waals surface area contributed by atoms with Gasteiger partial charge in [0.25, 0.3) is 0 Å². The van der Waals surface area contributed by atoms with Crippen molar-refractivity contribution in [3.63, 3.8) is 0 Å². The lowest BCUT2D eigenvalue weighted by molar-refractivity contribution is 0.319. The van der Waals surface area contributed by atoms with E-state index in [2.05, 4.69) is 5.32 Å². The maximum absolute atomic E-state index is 3.91. The summed E-state index contributed by atoms with van der Waals surface area (Å²) < 4.78 is 0. The predicted molar refractivity (Wildman–Crippen MR) is 79.9 cm³/mol. The van der Waals surface area contributed by atoms with Crippen molar-refractivity contribution in [2.75, 3.05) is 6.54 Å². The minimum absolute atomic E-state index is 0.843. The van der Waals surface area contributed by atoms with Crippen LogP contribution in [0.25, 0.3) is 0 Å². The van der Waals surface area contributed by atoms with Gasteiger partial charge in [0.1, 0.15) is 0 Å². The van der Waals surface area contributed by atoms with E-state index >= 15 is 0 Å². The fraction of sp³-hybridized carbons (Fsp3) is 1.00. The Balaban J connectivity index is 1.64. The summed E-state index contributed by atoms with van der Waals surface area (Å²) in [5.74, 6) is 0.982. The highest BCUT2D eigenvalue weighted by Gasteiger charge is 2.15. The van der Waals surface area contributed by atoms with Crippen molar-refractivity contribution in [3.8, 4) is 0 Å². The first-order chi connectivity index (χ1) is 8.95. The summed E-state index contributed by atoms with van der Waals surface area (Å²) in [5.41, 5.74) is 0. The van der Waals surface area contributed by atoms with E-state index in [1.165, 1.54) is 96.4 Å². The van der Waals surface area contributed by atoms with Gasteiger partial charge >= 0.3 is 0 Å². The summed E-state index contributed by atoms with van der Waals surface area (Å²) in [7, 11) is 0. The van der Waals surface area contributed by atoms with Crippen LogP contribution in [0.2, 0.25) is 0 Å². The molecule has 0 aliphatic heterocycles. The average Bonchev–Trinajstić information content (AvgIpc) is 2.29. The van der Waals surface area contributed by atoms with Crippen molar-refractivity contribution >= 4 is 0 Å². The summed E-state index contributed by atoms with van der Waals surface area (Å²) in [6.45, 7) is 1.31. The van der Waals surface area contributed by atoms with Crippen LogP contribution in [0, 0.1) is 5.92 Å². The summed E-state index contributed by atoms with van der Waals surface area (Å²) in [6.07, 6.45) is 20.6. The van der Waals surface area contributed by atoms with Crippen LogP contribution < -0.4 is 5.32 Å². The first-order valence-electron chi connectivity index (χ1n) is 8.68. The second-order valence-corrected chi connectivity index (χ2v) is 6.66. The fourth-order valence-corrected chi connectivity index (χ4v) is 3.74. The van der Waals surface area contributed by atoms with Gasteiger partial charge in [0.15, 0.2) is 0 Å². The lowest BCUT2D eigenvalue weighted by atomic mass is 9.90. The molecule has 0 unspecified atom stereocenters. The Kier molecular flexibility index (Phi) is 7.15. The molecule has 0 aromatic carbocycles. The van der Waals surface area contributed by atoms with Crippen molar-refractivity contribution in [2.45, 2.75) is 95.9 Å². The Bertz CT molecular complexity index is 164. The topological polar surface area (TPSA) is 12.0 Å². The molecule has 0 bridgehead atoms. The molecule has 0 amide bonds. The van der Waals surface area contributed by atoms with Gasteiger partial charge < -0.3 is 5.32 Å². The van der Waals surface area contributed by atoms with E-state index < -0.39 is 0 Å². The van der Waals surface area contributed by atoms with Crippen molar-refractivity contribution in [3.05, 3.63) is 0 Å². The molecule has 0 heterocycles. The Morgan fingerprint density at radius 3 is 1.56 bits per heavy atom. The first-order valence-corrected chi connectivity index (χ1v) is 8.68. The largest absolute Gasteiger partial charge is 0.314 e. The molecule has 0 radical (unpaired) electrons. The highest BCUT2D eigenvalue weighted by molar-refractivity contribution is 4.73. The smallest absolute Gasteiger partial charge is 0.00671 e. The van der Waals surface area contributed by atoms with Crippen LogP contribution in [-0.4, -0.2) is 12.6 Å². The molecule has 1 nitrogen and oxygen atoms in total. The second kappa shape index (κ2) is 8.96. The third-order valence-electron chi connectivity index (χ3n) is 5.03. The molecule has 0 atom stereocenters. The molecule has 0 spiro atoms. The lowest BCUT2D eigenvalue weighted by Crippen LogP contribution is -2.34. The Labute approximate surface area is 114 Å². The molecule has 2 fully saturated rings. The monoisotopic (exact) mass is 251 g/mol. The summed E-state index contributed by atoms with van der Waals surface area (Å²) in [5, 5.41) is 3.91. The maximum Gasteiger partial charge on any atom is 0.00671 e. The zero-order valence-electron chi connectivity index (χ0n) is 12.3. The molecule has 106 valence electrons. The van der Waals surface area contributed by atoms with Gasteiger partial charge in [0, 0.05) is 6.04 Å². The number of hydrogen-bond donors (Lipinski definition) is 1. The molecule has 2 rings (SSSR count). The summed E-state index contributed by atoms with van der Waals surface area (Å²) >= 11 is 0. The van der Waals surface area contributed by atoms with Crippen molar-refractivity contribution in [2.24, 2.45) is 5.92 Å². The third kappa shape index (κ3) is 5.73. The van der Waals surface area contributed by atoms with Gasteiger partial charge in [0.05, 0.1) is 0 Å². The zero-order chi connectivity index (χ0) is 12.5. The fourth-order valence-electron chi connectivity index (χ4n) is 3.74. The van der Waals surface area contributed by atoms with Gasteiger partial charge in [-0.3, -0.25) is 0 Å². The number of nitrogens with one attached hydrogen (secondary N) is 1. The average molecular weight is 251 g/mol. The molecule has 0 aromatic rings. The van der Waals surface area contributed by atoms with E-state index in [0.29, 0.717) is 0 Å². The molecule has 2 saturated carbocycles. The summed E-state index contributed by atoms with van der Waals surface area (Å²) in [4.78, 5) is 0. The minimum Gasteiger partial charge on any atom is -0.314 e. The first kappa shape index (κ1) is 14.4. The highest BCUT2D eigenvalue weighted by Crippen LogP contribution is 2.23. The normalized spacial score (nSPS) is 26.0. The molecule has 1 N–H and O–H groups in total. The van der Waals surface area contributed by atoms with E-state index in [-0.39, 0.29) is 0 Å². The van der Waals surface area contributed by atoms with Crippen molar-refractivity contribution in [1.82, 2.24) is 5.32 Å². The van der Waals surface area contributed by atoms with Crippen LogP contribution in [0.15, 0.2) is 0 Å². The van der Waals surface area contributed by atoms with Crippen molar-refractivity contribution in [1.29, 1.82) is 0 Å². The molecular formula is C17H33N.